The second-order valence-electron chi connectivity index (χ2n) is 7.11. The van der Waals surface area contributed by atoms with Gasteiger partial charge in [0.2, 0.25) is 0 Å². The normalized spacial score (nSPS) is 23.0. The molecular formula is C18H27NO2. The van der Waals surface area contributed by atoms with Gasteiger partial charge >= 0.3 is 6.09 Å². The fraction of sp³-hybridized carbons (Fsp3) is 0.611. The number of ether oxygens (including phenoxy) is 1. The summed E-state index contributed by atoms with van der Waals surface area (Å²) in [5.41, 5.74) is 0.921. The quantitative estimate of drug-likeness (QED) is 0.814. The van der Waals surface area contributed by atoms with Gasteiger partial charge in [0, 0.05) is 12.6 Å². The van der Waals surface area contributed by atoms with E-state index in [1.54, 1.807) is 0 Å². The fourth-order valence-corrected chi connectivity index (χ4v) is 2.87. The Kier molecular flexibility index (Phi) is 4.92. The summed E-state index contributed by atoms with van der Waals surface area (Å²) in [4.78, 5) is 14.2. The summed E-state index contributed by atoms with van der Waals surface area (Å²) < 4.78 is 5.53. The first-order valence-corrected chi connectivity index (χ1v) is 7.88. The molecule has 0 saturated carbocycles. The van der Waals surface area contributed by atoms with Gasteiger partial charge in [0.25, 0.3) is 0 Å². The molecular weight excluding hydrogens is 262 g/mol. The van der Waals surface area contributed by atoms with Crippen LogP contribution in [0.2, 0.25) is 0 Å². The lowest BCUT2D eigenvalue weighted by atomic mass is 9.88. The van der Waals surface area contributed by atoms with Crippen molar-refractivity contribution < 1.29 is 9.53 Å². The van der Waals surface area contributed by atoms with Crippen molar-refractivity contribution in [3.63, 3.8) is 0 Å². The van der Waals surface area contributed by atoms with Crippen molar-refractivity contribution in [2.24, 2.45) is 5.92 Å². The van der Waals surface area contributed by atoms with Gasteiger partial charge in [0.15, 0.2) is 0 Å². The van der Waals surface area contributed by atoms with Crippen LogP contribution in [0, 0.1) is 5.92 Å². The minimum absolute atomic E-state index is 0.173. The van der Waals surface area contributed by atoms with E-state index in [4.69, 9.17) is 4.74 Å². The Balaban J connectivity index is 1.97. The molecule has 1 aliphatic rings. The maximum atomic E-state index is 12.3. The highest BCUT2D eigenvalue weighted by Gasteiger charge is 2.31. The number of carbonyl (C=O) groups is 1. The largest absolute Gasteiger partial charge is 0.444 e. The summed E-state index contributed by atoms with van der Waals surface area (Å²) in [6.45, 7) is 8.66. The molecule has 0 aromatic heterocycles. The molecule has 2 atom stereocenters. The number of likely N-dealkylation sites (tertiary alicyclic amines) is 1. The van der Waals surface area contributed by atoms with Crippen LogP contribution >= 0.6 is 0 Å². The van der Waals surface area contributed by atoms with Crippen LogP contribution in [0.5, 0.6) is 0 Å². The number of hydrogen-bond acceptors (Lipinski definition) is 2. The second kappa shape index (κ2) is 6.50. The van der Waals surface area contributed by atoms with Crippen molar-refractivity contribution in [1.29, 1.82) is 0 Å². The summed E-state index contributed by atoms with van der Waals surface area (Å²) in [5, 5.41) is 0. The standard InChI is InChI=1S/C18H27NO2/c1-14-10-11-16(12-15-8-6-5-7-9-15)13-19(14)17(20)21-18(2,3)4/h5-9,14,16H,10-13H2,1-4H3/t14-,16+/m0/s1. The zero-order valence-corrected chi connectivity index (χ0v) is 13.6. The Bertz CT molecular complexity index is 464. The zero-order chi connectivity index (χ0) is 15.5. The third-order valence-corrected chi connectivity index (χ3v) is 3.97. The van der Waals surface area contributed by atoms with E-state index in [0.29, 0.717) is 5.92 Å². The van der Waals surface area contributed by atoms with Gasteiger partial charge in [0.1, 0.15) is 5.60 Å². The first kappa shape index (κ1) is 15.9. The predicted octanol–water partition coefficient (Wildman–Crippen LogP) is 4.26. The second-order valence-corrected chi connectivity index (χ2v) is 7.11. The molecule has 1 saturated heterocycles. The Morgan fingerprint density at radius 3 is 2.52 bits per heavy atom. The SMILES string of the molecule is C[C@H]1CC[C@H](Cc2ccccc2)CN1C(=O)OC(C)(C)C. The molecule has 0 aliphatic carbocycles. The molecule has 1 heterocycles. The van der Waals surface area contributed by atoms with Crippen molar-refractivity contribution in [2.75, 3.05) is 6.54 Å². The molecule has 116 valence electrons. The van der Waals surface area contributed by atoms with Crippen molar-refractivity contribution in [2.45, 2.75) is 58.6 Å². The van der Waals surface area contributed by atoms with E-state index in [9.17, 15) is 4.79 Å². The zero-order valence-electron chi connectivity index (χ0n) is 13.6. The van der Waals surface area contributed by atoms with Gasteiger partial charge in [-0.05, 0) is 58.4 Å². The first-order valence-electron chi connectivity index (χ1n) is 7.88. The van der Waals surface area contributed by atoms with Gasteiger partial charge in [-0.3, -0.25) is 0 Å². The van der Waals surface area contributed by atoms with E-state index >= 15 is 0 Å². The molecule has 1 aromatic carbocycles. The molecule has 0 radical (unpaired) electrons. The van der Waals surface area contributed by atoms with Crippen molar-refractivity contribution in [3.8, 4) is 0 Å². The molecule has 0 N–H and O–H groups in total. The van der Waals surface area contributed by atoms with E-state index in [0.717, 1.165) is 19.4 Å². The molecule has 2 rings (SSSR count). The summed E-state index contributed by atoms with van der Waals surface area (Å²) in [6.07, 6.45) is 3.09. The Morgan fingerprint density at radius 1 is 1.24 bits per heavy atom. The number of benzene rings is 1. The lowest BCUT2D eigenvalue weighted by molar-refractivity contribution is 0.00541. The lowest BCUT2D eigenvalue weighted by Crippen LogP contribution is -2.48. The molecule has 0 bridgehead atoms. The third kappa shape index (κ3) is 4.76. The van der Waals surface area contributed by atoms with Gasteiger partial charge in [-0.1, -0.05) is 30.3 Å². The van der Waals surface area contributed by atoms with Crippen LogP contribution in [0.25, 0.3) is 0 Å². The molecule has 0 unspecified atom stereocenters. The molecule has 1 fully saturated rings. The van der Waals surface area contributed by atoms with Crippen LogP contribution in [0.1, 0.15) is 46.1 Å². The van der Waals surface area contributed by atoms with Crippen LogP contribution in [-0.2, 0) is 11.2 Å². The highest BCUT2D eigenvalue weighted by atomic mass is 16.6. The molecule has 1 aliphatic heterocycles. The first-order chi connectivity index (χ1) is 9.85. The van der Waals surface area contributed by atoms with Gasteiger partial charge in [-0.2, -0.15) is 0 Å². The molecule has 21 heavy (non-hydrogen) atoms. The fourth-order valence-electron chi connectivity index (χ4n) is 2.87. The Hall–Kier alpha value is -1.51. The highest BCUT2D eigenvalue weighted by molar-refractivity contribution is 5.68. The molecule has 1 aromatic rings. The van der Waals surface area contributed by atoms with Crippen LogP contribution < -0.4 is 0 Å². The third-order valence-electron chi connectivity index (χ3n) is 3.97. The van der Waals surface area contributed by atoms with Crippen LogP contribution in [-0.4, -0.2) is 29.2 Å². The molecule has 0 spiro atoms. The maximum absolute atomic E-state index is 12.3. The van der Waals surface area contributed by atoms with Gasteiger partial charge in [0.05, 0.1) is 0 Å². The average molecular weight is 289 g/mol. The van der Waals surface area contributed by atoms with Gasteiger partial charge in [-0.25, -0.2) is 4.79 Å². The number of piperidine rings is 1. The Morgan fingerprint density at radius 2 is 1.90 bits per heavy atom. The van der Waals surface area contributed by atoms with Crippen molar-refractivity contribution >= 4 is 6.09 Å². The van der Waals surface area contributed by atoms with Crippen LogP contribution in [0.15, 0.2) is 30.3 Å². The number of amides is 1. The predicted molar refractivity (Wildman–Crippen MR) is 85.3 cm³/mol. The molecule has 3 heteroatoms. The van der Waals surface area contributed by atoms with E-state index in [1.165, 1.54) is 12.0 Å². The van der Waals surface area contributed by atoms with Gasteiger partial charge < -0.3 is 9.64 Å². The molecule has 3 nitrogen and oxygen atoms in total. The van der Waals surface area contributed by atoms with Gasteiger partial charge in [-0.15, -0.1) is 0 Å². The van der Waals surface area contributed by atoms with E-state index in [2.05, 4.69) is 31.2 Å². The number of hydrogen-bond donors (Lipinski definition) is 0. The Labute approximate surface area is 128 Å². The summed E-state index contributed by atoms with van der Waals surface area (Å²) in [7, 11) is 0. The van der Waals surface area contributed by atoms with E-state index in [-0.39, 0.29) is 12.1 Å². The summed E-state index contributed by atoms with van der Waals surface area (Å²) in [6, 6.07) is 10.8. The number of nitrogens with zero attached hydrogens (tertiary/aromatic N) is 1. The van der Waals surface area contributed by atoms with Crippen molar-refractivity contribution in [1.82, 2.24) is 4.90 Å². The summed E-state index contributed by atoms with van der Waals surface area (Å²) in [5.74, 6) is 0.524. The van der Waals surface area contributed by atoms with Crippen molar-refractivity contribution in [3.05, 3.63) is 35.9 Å². The van der Waals surface area contributed by atoms with E-state index < -0.39 is 5.60 Å². The average Bonchev–Trinajstić information content (AvgIpc) is 2.40. The lowest BCUT2D eigenvalue weighted by Gasteiger charge is -2.38. The monoisotopic (exact) mass is 289 g/mol. The highest BCUT2D eigenvalue weighted by Crippen LogP contribution is 2.26. The van der Waals surface area contributed by atoms with Crippen LogP contribution in [0.4, 0.5) is 4.79 Å². The van der Waals surface area contributed by atoms with E-state index in [1.807, 2.05) is 31.7 Å². The number of rotatable bonds is 2. The molecule has 1 amide bonds. The minimum atomic E-state index is -0.427. The topological polar surface area (TPSA) is 29.5 Å². The van der Waals surface area contributed by atoms with Crippen LogP contribution in [0.3, 0.4) is 0 Å². The number of carbonyl (C=O) groups excluding carboxylic acids is 1. The minimum Gasteiger partial charge on any atom is -0.444 e. The summed E-state index contributed by atoms with van der Waals surface area (Å²) >= 11 is 0. The maximum Gasteiger partial charge on any atom is 0.410 e. The smallest absolute Gasteiger partial charge is 0.410 e.